The third-order valence-electron chi connectivity index (χ3n) is 5.93. The van der Waals surface area contributed by atoms with Gasteiger partial charge in [-0.1, -0.05) is 49.9 Å². The Hall–Kier alpha value is -2.48. The van der Waals surface area contributed by atoms with E-state index < -0.39 is 16.5 Å². The highest BCUT2D eigenvalue weighted by Crippen LogP contribution is 2.43. The fourth-order valence-corrected chi connectivity index (χ4v) is 5.63. The Morgan fingerprint density at radius 2 is 1.74 bits per heavy atom. The molecular formula is C23H24F3N3OS. The molecule has 1 aliphatic rings. The number of rotatable bonds is 3. The van der Waals surface area contributed by atoms with Crippen LogP contribution in [0, 0.1) is 0 Å². The largest absolute Gasteiger partial charge is 0.416 e. The maximum atomic E-state index is 13.0. The number of amides is 1. The molecule has 0 spiro atoms. The van der Waals surface area contributed by atoms with E-state index in [0.717, 1.165) is 48.3 Å². The number of aromatic amines is 1. The minimum atomic E-state index is -4.40. The summed E-state index contributed by atoms with van der Waals surface area (Å²) < 4.78 is 38.2. The predicted octanol–water partition coefficient (Wildman–Crippen LogP) is 6.02. The summed E-state index contributed by atoms with van der Waals surface area (Å²) in [6.45, 7) is 0. The van der Waals surface area contributed by atoms with Crippen LogP contribution in [-0.2, 0) is 15.7 Å². The number of carbonyl (C=O) groups is 1. The van der Waals surface area contributed by atoms with Gasteiger partial charge in [-0.3, -0.25) is 9.89 Å². The van der Waals surface area contributed by atoms with Gasteiger partial charge in [0.25, 0.3) is 0 Å². The second kappa shape index (κ2) is 8.57. The SMILES string of the molecule is NC(=O)C1(c2ccc(-c3n[nH]c4cc(C(F)(F)F)ccc34)cc2)CCCCCCCS1. The van der Waals surface area contributed by atoms with Gasteiger partial charge in [-0.2, -0.15) is 18.3 Å². The maximum Gasteiger partial charge on any atom is 0.416 e. The van der Waals surface area contributed by atoms with E-state index in [1.54, 1.807) is 11.8 Å². The molecule has 2 heterocycles. The topological polar surface area (TPSA) is 71.8 Å². The summed E-state index contributed by atoms with van der Waals surface area (Å²) >= 11 is 1.63. The van der Waals surface area contributed by atoms with Crippen LogP contribution in [0.1, 0.15) is 49.7 Å². The molecule has 31 heavy (non-hydrogen) atoms. The first-order valence-corrected chi connectivity index (χ1v) is 11.4. The number of hydrogen-bond acceptors (Lipinski definition) is 3. The fourth-order valence-electron chi connectivity index (χ4n) is 4.20. The molecule has 0 aliphatic carbocycles. The van der Waals surface area contributed by atoms with Crippen molar-refractivity contribution >= 4 is 28.6 Å². The summed E-state index contributed by atoms with van der Waals surface area (Å²) in [5, 5.41) is 7.54. The van der Waals surface area contributed by atoms with Crippen molar-refractivity contribution in [3.63, 3.8) is 0 Å². The number of H-pyrrole nitrogens is 1. The van der Waals surface area contributed by atoms with Crippen LogP contribution in [0.2, 0.25) is 0 Å². The lowest BCUT2D eigenvalue weighted by Crippen LogP contribution is -2.38. The van der Waals surface area contributed by atoms with Crippen molar-refractivity contribution in [3.05, 3.63) is 53.6 Å². The summed E-state index contributed by atoms with van der Waals surface area (Å²) in [5.41, 5.74) is 7.72. The molecule has 0 bridgehead atoms. The number of fused-ring (bicyclic) bond motifs is 1. The highest BCUT2D eigenvalue weighted by Gasteiger charge is 2.39. The summed E-state index contributed by atoms with van der Waals surface area (Å²) in [4.78, 5) is 12.5. The van der Waals surface area contributed by atoms with Crippen molar-refractivity contribution < 1.29 is 18.0 Å². The molecule has 164 valence electrons. The summed E-state index contributed by atoms with van der Waals surface area (Å²) in [5.74, 6) is 0.563. The molecule has 0 saturated carbocycles. The second-order valence-corrected chi connectivity index (χ2v) is 9.36. The molecular weight excluding hydrogens is 423 g/mol. The number of hydrogen-bond donors (Lipinski definition) is 2. The predicted molar refractivity (Wildman–Crippen MR) is 118 cm³/mol. The Kier molecular flexibility index (Phi) is 6.01. The number of thioether (sulfide) groups is 1. The van der Waals surface area contributed by atoms with Crippen LogP contribution in [0.3, 0.4) is 0 Å². The van der Waals surface area contributed by atoms with Gasteiger partial charge in [0.05, 0.1) is 16.8 Å². The third-order valence-corrected chi connectivity index (χ3v) is 7.56. The number of halogens is 3. The van der Waals surface area contributed by atoms with E-state index in [9.17, 15) is 18.0 Å². The first-order chi connectivity index (χ1) is 14.8. The zero-order chi connectivity index (χ0) is 22.1. The maximum absolute atomic E-state index is 13.0. The minimum Gasteiger partial charge on any atom is -0.368 e. The molecule has 1 aromatic heterocycles. The lowest BCUT2D eigenvalue weighted by atomic mass is 9.90. The molecule has 1 unspecified atom stereocenters. The van der Waals surface area contributed by atoms with Crippen LogP contribution in [-0.4, -0.2) is 21.9 Å². The van der Waals surface area contributed by atoms with E-state index in [1.807, 2.05) is 24.3 Å². The lowest BCUT2D eigenvalue weighted by molar-refractivity contribution is -0.137. The van der Waals surface area contributed by atoms with Gasteiger partial charge >= 0.3 is 6.18 Å². The van der Waals surface area contributed by atoms with E-state index in [0.29, 0.717) is 23.0 Å². The number of carbonyl (C=O) groups excluding carboxylic acids is 1. The average Bonchev–Trinajstić information content (AvgIpc) is 3.21. The number of nitrogens with two attached hydrogens (primary N) is 1. The molecule has 1 saturated heterocycles. The van der Waals surface area contributed by atoms with Crippen LogP contribution in [0.25, 0.3) is 22.2 Å². The monoisotopic (exact) mass is 447 g/mol. The zero-order valence-electron chi connectivity index (χ0n) is 17.0. The number of primary amides is 1. The van der Waals surface area contributed by atoms with Crippen molar-refractivity contribution in [1.29, 1.82) is 0 Å². The molecule has 3 aromatic rings. The highest BCUT2D eigenvalue weighted by atomic mass is 32.2. The number of benzene rings is 2. The van der Waals surface area contributed by atoms with Gasteiger partial charge in [-0.05, 0) is 42.4 Å². The van der Waals surface area contributed by atoms with Gasteiger partial charge in [-0.15, -0.1) is 11.8 Å². The van der Waals surface area contributed by atoms with E-state index in [-0.39, 0.29) is 5.91 Å². The molecule has 1 aliphatic heterocycles. The van der Waals surface area contributed by atoms with Crippen molar-refractivity contribution in [2.24, 2.45) is 5.73 Å². The van der Waals surface area contributed by atoms with Crippen LogP contribution in [0.4, 0.5) is 13.2 Å². The molecule has 4 rings (SSSR count). The van der Waals surface area contributed by atoms with Crippen molar-refractivity contribution in [2.45, 2.75) is 49.4 Å². The van der Waals surface area contributed by atoms with E-state index in [4.69, 9.17) is 5.73 Å². The van der Waals surface area contributed by atoms with Gasteiger partial charge in [0.2, 0.25) is 5.91 Å². The van der Waals surface area contributed by atoms with Crippen LogP contribution in [0.15, 0.2) is 42.5 Å². The number of nitrogens with one attached hydrogen (secondary N) is 1. The smallest absolute Gasteiger partial charge is 0.368 e. The quantitative estimate of drug-likeness (QED) is 0.516. The van der Waals surface area contributed by atoms with Crippen molar-refractivity contribution in [3.8, 4) is 11.3 Å². The van der Waals surface area contributed by atoms with Crippen molar-refractivity contribution in [1.82, 2.24) is 10.2 Å². The zero-order valence-corrected chi connectivity index (χ0v) is 17.8. The molecule has 1 amide bonds. The first kappa shape index (κ1) is 21.7. The first-order valence-electron chi connectivity index (χ1n) is 10.4. The Labute approximate surface area is 182 Å². The minimum absolute atomic E-state index is 0.322. The summed E-state index contributed by atoms with van der Waals surface area (Å²) in [7, 11) is 0. The highest BCUT2D eigenvalue weighted by molar-refractivity contribution is 8.00. The van der Waals surface area contributed by atoms with Gasteiger partial charge in [0.15, 0.2) is 0 Å². The Morgan fingerprint density at radius 1 is 1.03 bits per heavy atom. The van der Waals surface area contributed by atoms with Gasteiger partial charge in [0, 0.05) is 10.9 Å². The molecule has 0 radical (unpaired) electrons. The Balaban J connectivity index is 1.67. The van der Waals surface area contributed by atoms with Crippen LogP contribution < -0.4 is 5.73 Å². The number of aromatic nitrogens is 2. The Bertz CT molecular complexity index is 1070. The molecule has 1 fully saturated rings. The normalized spacial score (nSPS) is 20.7. The van der Waals surface area contributed by atoms with Crippen molar-refractivity contribution in [2.75, 3.05) is 5.75 Å². The third kappa shape index (κ3) is 4.31. The molecule has 1 atom stereocenters. The standard InChI is InChI=1S/C23H24F3N3OS/c24-23(25,26)17-10-11-18-19(14-17)28-29-20(18)15-6-8-16(9-7-15)22(21(27)30)12-4-2-1-3-5-13-31-22/h6-11,14H,1-5,12-13H2,(H2,27,30)(H,28,29). The molecule has 4 nitrogen and oxygen atoms in total. The lowest BCUT2D eigenvalue weighted by Gasteiger charge is -2.30. The van der Waals surface area contributed by atoms with Gasteiger partial charge in [0.1, 0.15) is 4.75 Å². The van der Waals surface area contributed by atoms with Crippen LogP contribution >= 0.6 is 11.8 Å². The van der Waals surface area contributed by atoms with Gasteiger partial charge in [-0.25, -0.2) is 0 Å². The van der Waals surface area contributed by atoms with E-state index in [1.165, 1.54) is 18.9 Å². The summed E-state index contributed by atoms with van der Waals surface area (Å²) in [6, 6.07) is 11.1. The van der Waals surface area contributed by atoms with E-state index >= 15 is 0 Å². The van der Waals surface area contributed by atoms with Crippen LogP contribution in [0.5, 0.6) is 0 Å². The number of alkyl halides is 3. The second-order valence-electron chi connectivity index (χ2n) is 7.97. The molecule has 8 heteroatoms. The molecule has 3 N–H and O–H groups in total. The van der Waals surface area contributed by atoms with E-state index in [2.05, 4.69) is 10.2 Å². The van der Waals surface area contributed by atoms with Gasteiger partial charge < -0.3 is 5.73 Å². The fraction of sp³-hybridized carbons (Fsp3) is 0.391. The number of nitrogens with zero attached hydrogens (tertiary/aromatic N) is 1. The average molecular weight is 448 g/mol. The summed E-state index contributed by atoms with van der Waals surface area (Å²) in [6.07, 6.45) is 1.75. The Morgan fingerprint density at radius 3 is 2.45 bits per heavy atom. The molecule has 2 aromatic carbocycles.